The van der Waals surface area contributed by atoms with Crippen molar-refractivity contribution in [3.63, 3.8) is 0 Å². The van der Waals surface area contributed by atoms with Gasteiger partial charge in [0, 0.05) is 11.8 Å². The topological polar surface area (TPSA) is 57.8 Å². The van der Waals surface area contributed by atoms with E-state index in [0.717, 1.165) is 5.69 Å². The first-order valence-electron chi connectivity index (χ1n) is 3.53. The maximum Gasteiger partial charge on any atom is 0.235 e. The fourth-order valence-electron chi connectivity index (χ4n) is 0.792. The van der Waals surface area contributed by atoms with Crippen LogP contribution in [0.15, 0.2) is 6.07 Å². The van der Waals surface area contributed by atoms with E-state index in [1.165, 1.54) is 11.8 Å². The lowest BCUT2D eigenvalue weighted by Gasteiger charge is -1.97. The fraction of sp³-hybridized carbons (Fsp3) is 0.429. The van der Waals surface area contributed by atoms with Crippen LogP contribution in [0, 0.1) is 6.92 Å². The average Bonchev–Trinajstić information content (AvgIpc) is 2.36. The maximum absolute atomic E-state index is 11.0. The molecule has 0 fully saturated rings. The number of aromatic nitrogens is 2. The Morgan fingerprint density at radius 2 is 2.58 bits per heavy atom. The van der Waals surface area contributed by atoms with Gasteiger partial charge in [0.15, 0.2) is 5.82 Å². The van der Waals surface area contributed by atoms with Gasteiger partial charge in [-0.2, -0.15) is 16.9 Å². The normalized spacial score (nSPS) is 9.83. The van der Waals surface area contributed by atoms with Crippen molar-refractivity contribution in [1.82, 2.24) is 10.2 Å². The molecule has 0 aliphatic rings. The minimum Gasteiger partial charge on any atom is -0.308 e. The minimum absolute atomic E-state index is 0.0194. The van der Waals surface area contributed by atoms with Crippen molar-refractivity contribution in [1.29, 1.82) is 0 Å². The van der Waals surface area contributed by atoms with Gasteiger partial charge in [0.2, 0.25) is 5.91 Å². The first kappa shape index (κ1) is 9.12. The molecular weight excluding hydrogens is 174 g/mol. The van der Waals surface area contributed by atoms with Crippen LogP contribution in [0.25, 0.3) is 0 Å². The summed E-state index contributed by atoms with van der Waals surface area (Å²) in [6.45, 7) is 1.89. The van der Waals surface area contributed by atoms with Crippen molar-refractivity contribution in [2.75, 3.05) is 17.3 Å². The molecule has 1 rings (SSSR count). The molecule has 0 aromatic carbocycles. The zero-order valence-electron chi connectivity index (χ0n) is 7.05. The molecule has 66 valence electrons. The van der Waals surface area contributed by atoms with Gasteiger partial charge in [-0.05, 0) is 13.2 Å². The van der Waals surface area contributed by atoms with E-state index in [1.54, 1.807) is 6.07 Å². The highest BCUT2D eigenvalue weighted by atomic mass is 32.2. The molecule has 0 unspecified atom stereocenters. The lowest BCUT2D eigenvalue weighted by Crippen LogP contribution is -2.13. The van der Waals surface area contributed by atoms with Crippen LogP contribution in [0.1, 0.15) is 5.69 Å². The molecule has 12 heavy (non-hydrogen) atoms. The summed E-state index contributed by atoms with van der Waals surface area (Å²) in [6.07, 6.45) is 1.88. The Labute approximate surface area is 75.1 Å². The quantitative estimate of drug-likeness (QED) is 0.739. The van der Waals surface area contributed by atoms with Crippen LogP contribution in [0.5, 0.6) is 0 Å². The van der Waals surface area contributed by atoms with E-state index in [4.69, 9.17) is 0 Å². The average molecular weight is 185 g/mol. The van der Waals surface area contributed by atoms with E-state index in [-0.39, 0.29) is 5.91 Å². The summed E-state index contributed by atoms with van der Waals surface area (Å²) >= 11 is 1.49. The summed E-state index contributed by atoms with van der Waals surface area (Å²) in [6, 6.07) is 1.79. The second-order valence-corrected chi connectivity index (χ2v) is 3.28. The third-order valence-electron chi connectivity index (χ3n) is 1.25. The molecule has 5 heteroatoms. The third-order valence-corrected chi connectivity index (χ3v) is 1.80. The molecule has 0 bridgehead atoms. The highest BCUT2D eigenvalue weighted by Gasteiger charge is 2.02. The summed E-state index contributed by atoms with van der Waals surface area (Å²) < 4.78 is 0. The highest BCUT2D eigenvalue weighted by molar-refractivity contribution is 7.99. The highest BCUT2D eigenvalue weighted by Crippen LogP contribution is 2.04. The zero-order chi connectivity index (χ0) is 8.97. The molecule has 1 aromatic rings. The van der Waals surface area contributed by atoms with E-state index >= 15 is 0 Å². The van der Waals surface area contributed by atoms with Crippen LogP contribution in [0.4, 0.5) is 5.82 Å². The van der Waals surface area contributed by atoms with Gasteiger partial charge in [-0.1, -0.05) is 0 Å². The van der Waals surface area contributed by atoms with Gasteiger partial charge in [0.1, 0.15) is 0 Å². The van der Waals surface area contributed by atoms with E-state index in [1.807, 2.05) is 13.2 Å². The molecule has 4 nitrogen and oxygen atoms in total. The van der Waals surface area contributed by atoms with Crippen molar-refractivity contribution in [3.8, 4) is 0 Å². The second-order valence-electron chi connectivity index (χ2n) is 2.42. The lowest BCUT2D eigenvalue weighted by molar-refractivity contribution is -0.113. The van der Waals surface area contributed by atoms with Gasteiger partial charge in [-0.3, -0.25) is 9.89 Å². The van der Waals surface area contributed by atoms with E-state index in [0.29, 0.717) is 11.6 Å². The second kappa shape index (κ2) is 4.15. The Morgan fingerprint density at radius 1 is 1.83 bits per heavy atom. The van der Waals surface area contributed by atoms with Crippen LogP contribution >= 0.6 is 11.8 Å². The molecule has 0 saturated heterocycles. The van der Waals surface area contributed by atoms with Gasteiger partial charge < -0.3 is 5.32 Å². The molecule has 2 N–H and O–H groups in total. The molecule has 0 aliphatic heterocycles. The van der Waals surface area contributed by atoms with E-state index in [9.17, 15) is 4.79 Å². The lowest BCUT2D eigenvalue weighted by atomic mass is 10.5. The number of amides is 1. The fourth-order valence-corrected chi connectivity index (χ4v) is 1.13. The number of hydrogen-bond acceptors (Lipinski definition) is 3. The molecule has 0 aliphatic carbocycles. The molecule has 0 saturated carbocycles. The summed E-state index contributed by atoms with van der Waals surface area (Å²) in [7, 11) is 0. The Hall–Kier alpha value is -0.970. The molecule has 1 amide bonds. The largest absolute Gasteiger partial charge is 0.308 e. The number of carbonyl (C=O) groups is 1. The number of carbonyl (C=O) groups excluding carboxylic acids is 1. The number of hydrogen-bond donors (Lipinski definition) is 2. The Kier molecular flexibility index (Phi) is 3.16. The van der Waals surface area contributed by atoms with Crippen molar-refractivity contribution in [2.45, 2.75) is 6.92 Å². The Bertz CT molecular complexity index is 271. The van der Waals surface area contributed by atoms with Crippen LogP contribution in [0.2, 0.25) is 0 Å². The predicted octanol–water partition coefficient (Wildman–Crippen LogP) is 1.02. The van der Waals surface area contributed by atoms with Crippen LogP contribution in [0.3, 0.4) is 0 Å². The number of aryl methyl sites for hydroxylation is 1. The first-order chi connectivity index (χ1) is 5.72. The van der Waals surface area contributed by atoms with Gasteiger partial charge in [0.25, 0.3) is 0 Å². The molecule has 0 spiro atoms. The molecule has 0 atom stereocenters. The van der Waals surface area contributed by atoms with Crippen LogP contribution in [-0.4, -0.2) is 28.1 Å². The number of nitrogens with one attached hydrogen (secondary N) is 2. The number of rotatable bonds is 3. The van der Waals surface area contributed by atoms with Crippen molar-refractivity contribution in [3.05, 3.63) is 11.8 Å². The van der Waals surface area contributed by atoms with Crippen molar-refractivity contribution >= 4 is 23.5 Å². The summed E-state index contributed by atoms with van der Waals surface area (Å²) in [4.78, 5) is 11.0. The van der Waals surface area contributed by atoms with Gasteiger partial charge in [-0.15, -0.1) is 0 Å². The molecule has 1 aromatic heterocycles. The predicted molar refractivity (Wildman–Crippen MR) is 50.3 cm³/mol. The zero-order valence-corrected chi connectivity index (χ0v) is 7.86. The summed E-state index contributed by atoms with van der Waals surface area (Å²) in [5.74, 6) is 1.03. The Balaban J connectivity index is 2.46. The molecular formula is C7H11N3OS. The minimum atomic E-state index is -0.0194. The van der Waals surface area contributed by atoms with Crippen molar-refractivity contribution < 1.29 is 4.79 Å². The first-order valence-corrected chi connectivity index (χ1v) is 4.92. The smallest absolute Gasteiger partial charge is 0.235 e. The summed E-state index contributed by atoms with van der Waals surface area (Å²) in [5.41, 5.74) is 0.939. The van der Waals surface area contributed by atoms with Gasteiger partial charge in [0.05, 0.1) is 5.75 Å². The number of H-pyrrole nitrogens is 1. The monoisotopic (exact) mass is 185 g/mol. The van der Waals surface area contributed by atoms with Gasteiger partial charge >= 0.3 is 0 Å². The number of aromatic amines is 1. The van der Waals surface area contributed by atoms with Crippen molar-refractivity contribution in [2.24, 2.45) is 0 Å². The number of thioether (sulfide) groups is 1. The Morgan fingerprint density at radius 3 is 3.08 bits per heavy atom. The van der Waals surface area contributed by atoms with E-state index in [2.05, 4.69) is 15.5 Å². The number of anilines is 1. The SMILES string of the molecule is CSCC(=O)Nc1cc(C)[nH]n1. The van der Waals surface area contributed by atoms with E-state index < -0.39 is 0 Å². The third kappa shape index (κ3) is 2.58. The standard InChI is InChI=1S/C7H11N3OS/c1-5-3-6(10-9-5)8-7(11)4-12-2/h3H,4H2,1-2H3,(H2,8,9,10,11). The molecule has 1 heterocycles. The van der Waals surface area contributed by atoms with Crippen LogP contribution < -0.4 is 5.32 Å². The maximum atomic E-state index is 11.0. The van der Waals surface area contributed by atoms with Gasteiger partial charge in [-0.25, -0.2) is 0 Å². The summed E-state index contributed by atoms with van der Waals surface area (Å²) in [5, 5.41) is 9.28. The number of nitrogens with zero attached hydrogens (tertiary/aromatic N) is 1. The molecule has 0 radical (unpaired) electrons. The van der Waals surface area contributed by atoms with Crippen LogP contribution in [-0.2, 0) is 4.79 Å².